The Labute approximate surface area is 123 Å². The fraction of sp³-hybridized carbons (Fsp3) is 0.250. The smallest absolute Gasteiger partial charge is 0.125 e. The standard InChI is InChI=1S/C16H17ClO3/c1-10-4-6-14(19-2)12(8-10)16(18)13-9-11(17)5-7-15(13)20-3/h4-9,16,18H,1-3H3. The van der Waals surface area contributed by atoms with Gasteiger partial charge in [0.25, 0.3) is 0 Å². The van der Waals surface area contributed by atoms with Crippen molar-refractivity contribution >= 4 is 11.6 Å². The molecule has 0 aromatic heterocycles. The molecule has 20 heavy (non-hydrogen) atoms. The Morgan fingerprint density at radius 1 is 0.950 bits per heavy atom. The number of rotatable bonds is 4. The van der Waals surface area contributed by atoms with Gasteiger partial charge in [0.1, 0.15) is 17.6 Å². The second-order valence-electron chi connectivity index (χ2n) is 4.53. The van der Waals surface area contributed by atoms with Gasteiger partial charge in [-0.2, -0.15) is 0 Å². The molecule has 0 saturated carbocycles. The van der Waals surface area contributed by atoms with Crippen LogP contribution in [0.2, 0.25) is 5.02 Å². The second kappa shape index (κ2) is 6.16. The Hall–Kier alpha value is -1.71. The molecule has 0 aliphatic carbocycles. The Morgan fingerprint density at radius 2 is 1.50 bits per heavy atom. The number of benzene rings is 2. The molecule has 0 spiro atoms. The maximum atomic E-state index is 10.6. The van der Waals surface area contributed by atoms with Crippen LogP contribution in [-0.4, -0.2) is 19.3 Å². The fourth-order valence-electron chi connectivity index (χ4n) is 2.15. The molecule has 106 valence electrons. The predicted octanol–water partition coefficient (Wildman–Crippen LogP) is 3.75. The Balaban J connectivity index is 2.53. The predicted molar refractivity (Wildman–Crippen MR) is 79.8 cm³/mol. The lowest BCUT2D eigenvalue weighted by Crippen LogP contribution is -2.05. The van der Waals surface area contributed by atoms with Crippen molar-refractivity contribution in [1.29, 1.82) is 0 Å². The third kappa shape index (κ3) is 2.89. The lowest BCUT2D eigenvalue weighted by Gasteiger charge is -2.18. The SMILES string of the molecule is COc1ccc(C)cc1C(O)c1cc(Cl)ccc1OC. The van der Waals surface area contributed by atoms with E-state index in [0.29, 0.717) is 27.6 Å². The lowest BCUT2D eigenvalue weighted by molar-refractivity contribution is 0.209. The van der Waals surface area contributed by atoms with Gasteiger partial charge in [-0.05, 0) is 37.3 Å². The first-order valence-corrected chi connectivity index (χ1v) is 6.60. The van der Waals surface area contributed by atoms with E-state index in [9.17, 15) is 5.11 Å². The van der Waals surface area contributed by atoms with E-state index in [1.807, 2.05) is 25.1 Å². The van der Waals surface area contributed by atoms with E-state index in [0.717, 1.165) is 5.56 Å². The van der Waals surface area contributed by atoms with E-state index in [2.05, 4.69) is 0 Å². The monoisotopic (exact) mass is 292 g/mol. The largest absolute Gasteiger partial charge is 0.496 e. The van der Waals surface area contributed by atoms with E-state index in [4.69, 9.17) is 21.1 Å². The minimum absolute atomic E-state index is 0.548. The van der Waals surface area contributed by atoms with E-state index in [-0.39, 0.29) is 0 Å². The van der Waals surface area contributed by atoms with Crippen molar-refractivity contribution in [2.24, 2.45) is 0 Å². The molecule has 1 N–H and O–H groups in total. The fourth-order valence-corrected chi connectivity index (χ4v) is 2.33. The van der Waals surface area contributed by atoms with Crippen LogP contribution in [0, 0.1) is 6.92 Å². The van der Waals surface area contributed by atoms with Crippen LogP contribution in [0.15, 0.2) is 36.4 Å². The van der Waals surface area contributed by atoms with Gasteiger partial charge in [0, 0.05) is 16.1 Å². The summed E-state index contributed by atoms with van der Waals surface area (Å²) in [6, 6.07) is 10.8. The first kappa shape index (κ1) is 14.7. The molecule has 2 aromatic rings. The molecule has 0 bridgehead atoms. The molecule has 0 aliphatic rings. The van der Waals surface area contributed by atoms with Gasteiger partial charge in [0.2, 0.25) is 0 Å². The van der Waals surface area contributed by atoms with Crippen molar-refractivity contribution in [3.05, 3.63) is 58.1 Å². The van der Waals surface area contributed by atoms with Crippen LogP contribution in [0.4, 0.5) is 0 Å². The topological polar surface area (TPSA) is 38.7 Å². The van der Waals surface area contributed by atoms with Gasteiger partial charge in [0.05, 0.1) is 14.2 Å². The summed E-state index contributed by atoms with van der Waals surface area (Å²) in [5, 5.41) is 11.2. The van der Waals surface area contributed by atoms with Gasteiger partial charge >= 0.3 is 0 Å². The average Bonchev–Trinajstić information content (AvgIpc) is 2.46. The molecule has 3 nitrogen and oxygen atoms in total. The summed E-state index contributed by atoms with van der Waals surface area (Å²) in [5.41, 5.74) is 2.35. The van der Waals surface area contributed by atoms with Gasteiger partial charge in [-0.25, -0.2) is 0 Å². The number of methoxy groups -OCH3 is 2. The van der Waals surface area contributed by atoms with Gasteiger partial charge < -0.3 is 14.6 Å². The molecule has 2 aromatic carbocycles. The number of halogens is 1. The Bertz CT molecular complexity index is 557. The maximum Gasteiger partial charge on any atom is 0.125 e. The van der Waals surface area contributed by atoms with E-state index >= 15 is 0 Å². The van der Waals surface area contributed by atoms with Crippen LogP contribution in [0.3, 0.4) is 0 Å². The highest BCUT2D eigenvalue weighted by atomic mass is 35.5. The van der Waals surface area contributed by atoms with Gasteiger partial charge in [-0.1, -0.05) is 23.2 Å². The molecule has 0 fully saturated rings. The molecule has 4 heteroatoms. The molecule has 1 unspecified atom stereocenters. The molecule has 2 rings (SSSR count). The van der Waals surface area contributed by atoms with Gasteiger partial charge in [-0.3, -0.25) is 0 Å². The summed E-state index contributed by atoms with van der Waals surface area (Å²) >= 11 is 6.01. The van der Waals surface area contributed by atoms with E-state index < -0.39 is 6.10 Å². The number of aliphatic hydroxyl groups is 1. The zero-order valence-corrected chi connectivity index (χ0v) is 12.4. The average molecular weight is 293 g/mol. The van der Waals surface area contributed by atoms with Gasteiger partial charge in [0.15, 0.2) is 0 Å². The normalized spacial score (nSPS) is 12.1. The summed E-state index contributed by atoms with van der Waals surface area (Å²) in [4.78, 5) is 0. The molecule has 0 aliphatic heterocycles. The quantitative estimate of drug-likeness (QED) is 0.933. The number of aliphatic hydroxyl groups excluding tert-OH is 1. The summed E-state index contributed by atoms with van der Waals surface area (Å²) in [6.45, 7) is 1.96. The minimum atomic E-state index is -0.863. The number of aryl methyl sites for hydroxylation is 1. The van der Waals surface area contributed by atoms with Crippen molar-refractivity contribution in [2.45, 2.75) is 13.0 Å². The summed E-state index contributed by atoms with van der Waals surface area (Å²) in [7, 11) is 3.14. The Kier molecular flexibility index (Phi) is 4.53. The number of hydrogen-bond acceptors (Lipinski definition) is 3. The molecular weight excluding hydrogens is 276 g/mol. The highest BCUT2D eigenvalue weighted by Gasteiger charge is 2.19. The molecule has 0 saturated heterocycles. The molecule has 0 amide bonds. The minimum Gasteiger partial charge on any atom is -0.496 e. The molecular formula is C16H17ClO3. The van der Waals surface area contributed by atoms with Crippen LogP contribution in [0.25, 0.3) is 0 Å². The van der Waals surface area contributed by atoms with Crippen LogP contribution in [0.1, 0.15) is 22.8 Å². The van der Waals surface area contributed by atoms with Crippen LogP contribution in [0.5, 0.6) is 11.5 Å². The maximum absolute atomic E-state index is 10.6. The highest BCUT2D eigenvalue weighted by molar-refractivity contribution is 6.30. The highest BCUT2D eigenvalue weighted by Crippen LogP contribution is 2.36. The summed E-state index contributed by atoms with van der Waals surface area (Å²) in [6.07, 6.45) is -0.863. The van der Waals surface area contributed by atoms with Crippen molar-refractivity contribution in [3.63, 3.8) is 0 Å². The molecule has 0 heterocycles. The van der Waals surface area contributed by atoms with Gasteiger partial charge in [-0.15, -0.1) is 0 Å². The van der Waals surface area contributed by atoms with E-state index in [1.54, 1.807) is 32.4 Å². The van der Waals surface area contributed by atoms with Crippen molar-refractivity contribution < 1.29 is 14.6 Å². The Morgan fingerprint density at radius 3 is 2.10 bits per heavy atom. The number of ether oxygens (including phenoxy) is 2. The van der Waals surface area contributed by atoms with E-state index in [1.165, 1.54) is 0 Å². The zero-order chi connectivity index (χ0) is 14.7. The van der Waals surface area contributed by atoms with Crippen molar-refractivity contribution in [2.75, 3.05) is 14.2 Å². The summed E-state index contributed by atoms with van der Waals surface area (Å²) < 4.78 is 10.6. The lowest BCUT2D eigenvalue weighted by atomic mass is 9.98. The van der Waals surface area contributed by atoms with Crippen molar-refractivity contribution in [3.8, 4) is 11.5 Å². The molecule has 0 radical (unpaired) electrons. The van der Waals surface area contributed by atoms with Crippen LogP contribution < -0.4 is 9.47 Å². The molecule has 1 atom stereocenters. The second-order valence-corrected chi connectivity index (χ2v) is 4.97. The number of hydrogen-bond donors (Lipinski definition) is 1. The van der Waals surface area contributed by atoms with Crippen molar-refractivity contribution in [1.82, 2.24) is 0 Å². The third-order valence-electron chi connectivity index (χ3n) is 3.17. The van der Waals surface area contributed by atoms with Crippen LogP contribution >= 0.6 is 11.6 Å². The first-order chi connectivity index (χ1) is 9.56. The first-order valence-electron chi connectivity index (χ1n) is 6.23. The zero-order valence-electron chi connectivity index (χ0n) is 11.7. The third-order valence-corrected chi connectivity index (χ3v) is 3.40. The van der Waals surface area contributed by atoms with Crippen LogP contribution in [-0.2, 0) is 0 Å². The summed E-state index contributed by atoms with van der Waals surface area (Å²) in [5.74, 6) is 1.22.